The van der Waals surface area contributed by atoms with Gasteiger partial charge in [0.1, 0.15) is 23.0 Å². The predicted molar refractivity (Wildman–Crippen MR) is 107 cm³/mol. The molecule has 4 aromatic rings. The van der Waals surface area contributed by atoms with Gasteiger partial charge in [-0.25, -0.2) is 0 Å². The molecule has 0 aliphatic heterocycles. The summed E-state index contributed by atoms with van der Waals surface area (Å²) in [6.07, 6.45) is 3.10. The van der Waals surface area contributed by atoms with Gasteiger partial charge in [-0.3, -0.25) is 9.78 Å². The normalized spacial score (nSPS) is 11.0. The number of hydrogen-bond acceptors (Lipinski definition) is 7. The van der Waals surface area contributed by atoms with Gasteiger partial charge in [0, 0.05) is 17.8 Å². The molecule has 7 heteroatoms. The van der Waals surface area contributed by atoms with Gasteiger partial charge in [0.25, 0.3) is 0 Å². The van der Waals surface area contributed by atoms with Crippen LogP contribution >= 0.6 is 0 Å². The second-order valence-electron chi connectivity index (χ2n) is 6.11. The molecule has 0 aliphatic carbocycles. The van der Waals surface area contributed by atoms with Crippen LogP contribution in [0.4, 0.5) is 5.69 Å². The van der Waals surface area contributed by atoms with E-state index in [1.807, 2.05) is 0 Å². The summed E-state index contributed by atoms with van der Waals surface area (Å²) in [5.41, 5.74) is 7.15. The summed E-state index contributed by atoms with van der Waals surface area (Å²) >= 11 is 0. The zero-order valence-corrected chi connectivity index (χ0v) is 15.6. The Balaban J connectivity index is 2.22. The monoisotopic (exact) mass is 378 g/mol. The molecular formula is C21H18N2O5. The first kappa shape index (κ1) is 17.7. The second-order valence-corrected chi connectivity index (χ2v) is 6.11. The van der Waals surface area contributed by atoms with Gasteiger partial charge >= 0.3 is 0 Å². The van der Waals surface area contributed by atoms with E-state index in [9.17, 15) is 4.79 Å². The first-order chi connectivity index (χ1) is 13.6. The zero-order valence-electron chi connectivity index (χ0n) is 15.6. The molecule has 0 atom stereocenters. The molecule has 4 rings (SSSR count). The zero-order chi connectivity index (χ0) is 19.8. The number of benzene rings is 2. The Morgan fingerprint density at radius 1 is 0.929 bits per heavy atom. The van der Waals surface area contributed by atoms with Crippen molar-refractivity contribution in [2.24, 2.45) is 0 Å². The Hall–Kier alpha value is -3.74. The van der Waals surface area contributed by atoms with Gasteiger partial charge in [0.05, 0.1) is 49.4 Å². The van der Waals surface area contributed by atoms with Gasteiger partial charge in [-0.1, -0.05) is 0 Å². The van der Waals surface area contributed by atoms with Gasteiger partial charge in [-0.15, -0.1) is 0 Å². The Kier molecular flexibility index (Phi) is 4.27. The smallest absolute Gasteiger partial charge is 0.193 e. The van der Waals surface area contributed by atoms with Gasteiger partial charge in [0.2, 0.25) is 0 Å². The summed E-state index contributed by atoms with van der Waals surface area (Å²) in [6.45, 7) is 0. The van der Waals surface area contributed by atoms with Crippen molar-refractivity contribution in [1.82, 2.24) is 4.98 Å². The number of fused-ring (bicyclic) bond motifs is 3. The number of methoxy groups -OCH3 is 3. The molecule has 0 unspecified atom stereocenters. The SMILES string of the molecule is COc1ccc(OC)c2c1c(OC)cc1c(=O)cc(-c3ccncc3N)oc12. The van der Waals surface area contributed by atoms with Gasteiger partial charge < -0.3 is 24.4 Å². The minimum Gasteiger partial charge on any atom is -0.496 e. The topological polar surface area (TPSA) is 96.8 Å². The molecule has 7 nitrogen and oxygen atoms in total. The van der Waals surface area contributed by atoms with E-state index in [-0.39, 0.29) is 5.43 Å². The Bertz CT molecular complexity index is 1260. The summed E-state index contributed by atoms with van der Waals surface area (Å²) in [4.78, 5) is 16.9. The average molecular weight is 378 g/mol. The quantitative estimate of drug-likeness (QED) is 0.542. The molecule has 0 saturated carbocycles. The molecule has 0 aliphatic rings. The van der Waals surface area contributed by atoms with E-state index in [0.29, 0.717) is 56.0 Å². The molecule has 2 N–H and O–H groups in total. The van der Waals surface area contributed by atoms with E-state index in [4.69, 9.17) is 24.4 Å². The fourth-order valence-corrected chi connectivity index (χ4v) is 3.33. The van der Waals surface area contributed by atoms with Crippen LogP contribution in [0, 0.1) is 0 Å². The highest BCUT2D eigenvalue weighted by molar-refractivity contribution is 6.13. The van der Waals surface area contributed by atoms with E-state index in [2.05, 4.69) is 4.98 Å². The van der Waals surface area contributed by atoms with Crippen LogP contribution < -0.4 is 25.4 Å². The third-order valence-corrected chi connectivity index (χ3v) is 4.64. The van der Waals surface area contributed by atoms with Crippen molar-refractivity contribution in [3.05, 3.63) is 52.9 Å². The van der Waals surface area contributed by atoms with Crippen LogP contribution in [0.3, 0.4) is 0 Å². The van der Waals surface area contributed by atoms with Crippen molar-refractivity contribution < 1.29 is 18.6 Å². The number of hydrogen-bond donors (Lipinski definition) is 1. The molecule has 0 saturated heterocycles. The fraction of sp³-hybridized carbons (Fsp3) is 0.143. The minimum atomic E-state index is -0.225. The van der Waals surface area contributed by atoms with Gasteiger partial charge in [0.15, 0.2) is 11.0 Å². The van der Waals surface area contributed by atoms with E-state index < -0.39 is 0 Å². The van der Waals surface area contributed by atoms with Crippen molar-refractivity contribution in [3.8, 4) is 28.6 Å². The number of ether oxygens (including phenoxy) is 3. The Labute approximate surface area is 160 Å². The van der Waals surface area contributed by atoms with Crippen molar-refractivity contribution >= 4 is 27.4 Å². The number of nitrogen functional groups attached to an aromatic ring is 1. The third-order valence-electron chi connectivity index (χ3n) is 4.64. The maximum Gasteiger partial charge on any atom is 0.193 e. The summed E-state index contributed by atoms with van der Waals surface area (Å²) in [5, 5.41) is 1.61. The number of anilines is 1. The molecule has 0 bridgehead atoms. The Morgan fingerprint density at radius 3 is 2.25 bits per heavy atom. The maximum atomic E-state index is 12.9. The lowest BCUT2D eigenvalue weighted by atomic mass is 10.0. The lowest BCUT2D eigenvalue weighted by molar-refractivity contribution is 0.400. The molecule has 0 fully saturated rings. The molecular weight excluding hydrogens is 360 g/mol. The highest BCUT2D eigenvalue weighted by Crippen LogP contribution is 2.44. The molecule has 28 heavy (non-hydrogen) atoms. The van der Waals surface area contributed by atoms with Gasteiger partial charge in [-0.2, -0.15) is 0 Å². The van der Waals surface area contributed by atoms with E-state index in [0.717, 1.165) is 0 Å². The van der Waals surface area contributed by atoms with Crippen molar-refractivity contribution in [2.75, 3.05) is 27.1 Å². The van der Waals surface area contributed by atoms with Crippen molar-refractivity contribution in [1.29, 1.82) is 0 Å². The first-order valence-corrected chi connectivity index (χ1v) is 8.48. The molecule has 2 aromatic heterocycles. The van der Waals surface area contributed by atoms with Crippen molar-refractivity contribution in [2.45, 2.75) is 0 Å². The predicted octanol–water partition coefficient (Wildman–Crippen LogP) is 3.62. The molecule has 0 radical (unpaired) electrons. The lowest BCUT2D eigenvalue weighted by Crippen LogP contribution is -2.03. The second kappa shape index (κ2) is 6.77. The van der Waals surface area contributed by atoms with Crippen molar-refractivity contribution in [3.63, 3.8) is 0 Å². The largest absolute Gasteiger partial charge is 0.496 e. The summed E-state index contributed by atoms with van der Waals surface area (Å²) in [5.74, 6) is 1.93. The number of nitrogens with two attached hydrogens (primary N) is 1. The van der Waals surface area contributed by atoms with E-state index in [1.165, 1.54) is 19.4 Å². The fourth-order valence-electron chi connectivity index (χ4n) is 3.33. The molecule has 2 aromatic carbocycles. The maximum absolute atomic E-state index is 12.9. The number of nitrogens with zero attached hydrogens (tertiary/aromatic N) is 1. The van der Waals surface area contributed by atoms with Crippen LogP contribution in [0.5, 0.6) is 17.2 Å². The number of pyridine rings is 1. The van der Waals surface area contributed by atoms with Crippen LogP contribution in [0.25, 0.3) is 33.1 Å². The highest BCUT2D eigenvalue weighted by atomic mass is 16.5. The summed E-state index contributed by atoms with van der Waals surface area (Å²) in [7, 11) is 4.65. The molecule has 0 spiro atoms. The van der Waals surface area contributed by atoms with E-state index >= 15 is 0 Å². The first-order valence-electron chi connectivity index (χ1n) is 8.48. The minimum absolute atomic E-state index is 0.225. The standard InChI is InChI=1S/C21H18N2O5/c1-25-15-4-5-16(26-2)20-19(15)18(27-3)8-12-14(24)9-17(28-21(12)20)11-6-7-23-10-13(11)22/h4-10H,22H2,1-3H3. The number of aromatic nitrogens is 1. The van der Waals surface area contributed by atoms with Gasteiger partial charge in [-0.05, 0) is 24.3 Å². The Morgan fingerprint density at radius 2 is 1.61 bits per heavy atom. The van der Waals surface area contributed by atoms with Crippen LogP contribution in [-0.4, -0.2) is 26.3 Å². The number of rotatable bonds is 4. The van der Waals surface area contributed by atoms with Crippen LogP contribution in [-0.2, 0) is 0 Å². The molecule has 2 heterocycles. The molecule has 0 amide bonds. The third kappa shape index (κ3) is 2.60. The van der Waals surface area contributed by atoms with Crippen LogP contribution in [0.1, 0.15) is 0 Å². The summed E-state index contributed by atoms with van der Waals surface area (Å²) < 4.78 is 22.7. The van der Waals surface area contributed by atoms with Crippen LogP contribution in [0.15, 0.2) is 51.9 Å². The summed E-state index contributed by atoms with van der Waals surface area (Å²) in [6, 6.07) is 8.28. The van der Waals surface area contributed by atoms with E-state index in [1.54, 1.807) is 44.7 Å². The highest BCUT2D eigenvalue weighted by Gasteiger charge is 2.20. The molecule has 142 valence electrons. The average Bonchev–Trinajstić information content (AvgIpc) is 2.72. The van der Waals surface area contributed by atoms with Crippen LogP contribution in [0.2, 0.25) is 0 Å². The lowest BCUT2D eigenvalue weighted by Gasteiger charge is -2.15.